The average Bonchev–Trinajstić information content (AvgIpc) is 2.60. The van der Waals surface area contributed by atoms with Crippen molar-refractivity contribution in [2.24, 2.45) is 0 Å². The monoisotopic (exact) mass is 389 g/mol. The maximum absolute atomic E-state index is 12.7. The van der Waals surface area contributed by atoms with Crippen LogP contribution in [0.3, 0.4) is 0 Å². The molecule has 6 nitrogen and oxygen atoms in total. The van der Waals surface area contributed by atoms with E-state index >= 15 is 0 Å². The molecule has 142 valence electrons. The molecule has 1 aromatic carbocycles. The molecule has 0 bridgehead atoms. The van der Waals surface area contributed by atoms with Crippen molar-refractivity contribution in [2.45, 2.75) is 48.7 Å². The molecule has 0 unspecified atom stereocenters. The molecule has 1 aliphatic rings. The van der Waals surface area contributed by atoms with E-state index in [-0.39, 0.29) is 0 Å². The van der Waals surface area contributed by atoms with Crippen LogP contribution in [-0.4, -0.2) is 26.4 Å². The minimum Gasteiger partial charge on any atom is -0.337 e. The Morgan fingerprint density at radius 2 is 1.88 bits per heavy atom. The van der Waals surface area contributed by atoms with E-state index < -0.39 is 44.6 Å². The Bertz CT molecular complexity index is 810. The van der Waals surface area contributed by atoms with Gasteiger partial charge in [0.05, 0.1) is 23.1 Å². The van der Waals surface area contributed by atoms with E-state index in [9.17, 15) is 31.6 Å². The summed E-state index contributed by atoms with van der Waals surface area (Å²) in [7, 11) is -4.30. The summed E-state index contributed by atoms with van der Waals surface area (Å²) in [5, 5.41) is 11.8. The first-order valence-corrected chi connectivity index (χ1v) is 9.46. The molecule has 26 heavy (non-hydrogen) atoms. The molecular formula is C16H18F3N3O3S. The predicted molar refractivity (Wildman–Crippen MR) is 86.2 cm³/mol. The summed E-state index contributed by atoms with van der Waals surface area (Å²) in [6.07, 6.45) is -1.19. The summed E-state index contributed by atoms with van der Waals surface area (Å²) >= 11 is 0. The van der Waals surface area contributed by atoms with Crippen LogP contribution in [0, 0.1) is 11.3 Å². The van der Waals surface area contributed by atoms with E-state index in [4.69, 9.17) is 0 Å². The number of sulfonamides is 1. The Morgan fingerprint density at radius 3 is 2.46 bits per heavy atom. The SMILES string of the molecule is N#CC1(NC(=O)CNS(=O)(=O)c2cccc(C(F)(F)F)c2)CCCCC1. The van der Waals surface area contributed by atoms with Crippen molar-refractivity contribution in [3.05, 3.63) is 29.8 Å². The highest BCUT2D eigenvalue weighted by Crippen LogP contribution is 2.30. The van der Waals surface area contributed by atoms with Crippen LogP contribution in [0.25, 0.3) is 0 Å². The number of nitrogens with one attached hydrogen (secondary N) is 2. The molecule has 1 fully saturated rings. The number of halogens is 3. The minimum absolute atomic E-state index is 0.482. The van der Waals surface area contributed by atoms with Crippen LogP contribution in [0.2, 0.25) is 0 Å². The van der Waals surface area contributed by atoms with Crippen molar-refractivity contribution in [3.63, 3.8) is 0 Å². The van der Waals surface area contributed by atoms with E-state index in [0.29, 0.717) is 18.9 Å². The summed E-state index contributed by atoms with van der Waals surface area (Å²) in [5.41, 5.74) is -2.12. The quantitative estimate of drug-likeness (QED) is 0.807. The second kappa shape index (κ2) is 7.63. The fourth-order valence-electron chi connectivity index (χ4n) is 2.81. The van der Waals surface area contributed by atoms with Gasteiger partial charge in [-0.25, -0.2) is 13.1 Å². The van der Waals surface area contributed by atoms with Crippen LogP contribution in [0.5, 0.6) is 0 Å². The normalized spacial score (nSPS) is 17.3. The average molecular weight is 389 g/mol. The van der Waals surface area contributed by atoms with Crippen LogP contribution in [-0.2, 0) is 21.0 Å². The Morgan fingerprint density at radius 1 is 1.23 bits per heavy atom. The molecule has 1 saturated carbocycles. The molecule has 0 radical (unpaired) electrons. The van der Waals surface area contributed by atoms with Crippen molar-refractivity contribution in [1.82, 2.24) is 10.0 Å². The lowest BCUT2D eigenvalue weighted by Crippen LogP contribution is -2.51. The minimum atomic E-state index is -4.68. The van der Waals surface area contributed by atoms with Gasteiger partial charge in [-0.1, -0.05) is 25.3 Å². The predicted octanol–water partition coefficient (Wildman–Crippen LogP) is 2.33. The highest BCUT2D eigenvalue weighted by Gasteiger charge is 2.34. The molecule has 0 atom stereocenters. The zero-order chi connectivity index (χ0) is 19.4. The number of alkyl halides is 3. The van der Waals surface area contributed by atoms with Gasteiger partial charge >= 0.3 is 6.18 Å². The zero-order valence-electron chi connectivity index (χ0n) is 13.8. The maximum atomic E-state index is 12.7. The molecule has 10 heteroatoms. The summed E-state index contributed by atoms with van der Waals surface area (Å²) < 4.78 is 64.3. The molecule has 2 rings (SSSR count). The van der Waals surface area contributed by atoms with Crippen molar-refractivity contribution >= 4 is 15.9 Å². The standard InChI is InChI=1S/C16H18F3N3O3S/c17-16(18,19)12-5-4-6-13(9-12)26(24,25)21-10-14(23)22-15(11-20)7-2-1-3-8-15/h4-6,9,21H,1-3,7-8,10H2,(H,22,23). The van der Waals surface area contributed by atoms with Gasteiger partial charge < -0.3 is 5.32 Å². The Labute approximate surface area is 149 Å². The van der Waals surface area contributed by atoms with E-state index in [1.54, 1.807) is 0 Å². The fraction of sp³-hybridized carbons (Fsp3) is 0.500. The first-order valence-electron chi connectivity index (χ1n) is 7.97. The van der Waals surface area contributed by atoms with Crippen LogP contribution in [0.1, 0.15) is 37.7 Å². The van der Waals surface area contributed by atoms with Gasteiger partial charge in [0.2, 0.25) is 15.9 Å². The number of nitrogens with zero attached hydrogens (tertiary/aromatic N) is 1. The van der Waals surface area contributed by atoms with E-state index in [0.717, 1.165) is 37.5 Å². The Balaban J connectivity index is 2.04. The van der Waals surface area contributed by atoms with E-state index in [2.05, 4.69) is 11.4 Å². The lowest BCUT2D eigenvalue weighted by atomic mass is 9.83. The molecule has 1 aliphatic carbocycles. The number of nitriles is 1. The van der Waals surface area contributed by atoms with E-state index in [1.165, 1.54) is 0 Å². The molecule has 1 amide bonds. The number of rotatable bonds is 5. The third-order valence-corrected chi connectivity index (χ3v) is 5.59. The summed E-state index contributed by atoms with van der Waals surface area (Å²) in [6, 6.07) is 5.30. The number of benzene rings is 1. The molecular weight excluding hydrogens is 371 g/mol. The first-order chi connectivity index (χ1) is 12.1. The smallest absolute Gasteiger partial charge is 0.337 e. The number of carbonyl (C=O) groups is 1. The third kappa shape index (κ3) is 4.95. The highest BCUT2D eigenvalue weighted by atomic mass is 32.2. The maximum Gasteiger partial charge on any atom is 0.416 e. The largest absolute Gasteiger partial charge is 0.416 e. The van der Waals surface area contributed by atoms with Crippen LogP contribution in [0.15, 0.2) is 29.2 Å². The second-order valence-electron chi connectivity index (χ2n) is 6.15. The van der Waals surface area contributed by atoms with Gasteiger partial charge in [-0.3, -0.25) is 4.79 Å². The van der Waals surface area contributed by atoms with Gasteiger partial charge in [0, 0.05) is 0 Å². The summed E-state index contributed by atoms with van der Waals surface area (Å²) in [4.78, 5) is 11.4. The van der Waals surface area contributed by atoms with Crippen molar-refractivity contribution in [2.75, 3.05) is 6.54 Å². The van der Waals surface area contributed by atoms with Gasteiger partial charge in [0.15, 0.2) is 0 Å². The summed E-state index contributed by atoms with van der Waals surface area (Å²) in [6.45, 7) is -0.665. The molecule has 0 aromatic heterocycles. The van der Waals surface area contributed by atoms with E-state index in [1.807, 2.05) is 4.72 Å². The van der Waals surface area contributed by atoms with Gasteiger partial charge in [-0.2, -0.15) is 18.4 Å². The van der Waals surface area contributed by atoms with Crippen molar-refractivity contribution in [3.8, 4) is 6.07 Å². The topological polar surface area (TPSA) is 99.1 Å². The number of hydrogen-bond donors (Lipinski definition) is 2. The van der Waals surface area contributed by atoms with Crippen LogP contribution in [0.4, 0.5) is 13.2 Å². The van der Waals surface area contributed by atoms with Gasteiger partial charge in [-0.05, 0) is 31.0 Å². The molecule has 0 aliphatic heterocycles. The highest BCUT2D eigenvalue weighted by molar-refractivity contribution is 7.89. The first kappa shape index (κ1) is 20.2. The number of hydrogen-bond acceptors (Lipinski definition) is 4. The van der Waals surface area contributed by atoms with Crippen molar-refractivity contribution in [1.29, 1.82) is 5.26 Å². The lowest BCUT2D eigenvalue weighted by Gasteiger charge is -2.31. The summed E-state index contributed by atoms with van der Waals surface area (Å²) in [5.74, 6) is -0.705. The Kier molecular flexibility index (Phi) is 5.93. The van der Waals surface area contributed by atoms with Crippen LogP contribution >= 0.6 is 0 Å². The molecule has 0 saturated heterocycles. The number of carbonyl (C=O) groups excluding carboxylic acids is 1. The second-order valence-corrected chi connectivity index (χ2v) is 7.92. The van der Waals surface area contributed by atoms with Gasteiger partial charge in [0.25, 0.3) is 0 Å². The molecule has 0 heterocycles. The number of amides is 1. The van der Waals surface area contributed by atoms with Crippen molar-refractivity contribution < 1.29 is 26.4 Å². The van der Waals surface area contributed by atoms with Gasteiger partial charge in [-0.15, -0.1) is 0 Å². The molecule has 1 aromatic rings. The molecule has 2 N–H and O–H groups in total. The Hall–Kier alpha value is -2.12. The zero-order valence-corrected chi connectivity index (χ0v) is 14.6. The van der Waals surface area contributed by atoms with Gasteiger partial charge in [0.1, 0.15) is 5.54 Å². The lowest BCUT2D eigenvalue weighted by molar-refractivity contribution is -0.137. The molecule has 0 spiro atoms. The third-order valence-electron chi connectivity index (χ3n) is 4.19. The van der Waals surface area contributed by atoms with Crippen LogP contribution < -0.4 is 10.0 Å². The fourth-order valence-corrected chi connectivity index (χ4v) is 3.84.